The SMILES string of the molecule is COc1cccc(NS(=O)(=O)c2ccc(OC)c(C(=O)N3CCCC3)c2)c1. The van der Waals surface area contributed by atoms with E-state index in [1.807, 2.05) is 0 Å². The predicted octanol–water partition coefficient (Wildman–Crippen LogP) is 2.74. The summed E-state index contributed by atoms with van der Waals surface area (Å²) in [5.41, 5.74) is 0.616. The van der Waals surface area contributed by atoms with E-state index in [0.29, 0.717) is 30.3 Å². The van der Waals surface area contributed by atoms with Gasteiger partial charge in [0, 0.05) is 19.2 Å². The van der Waals surface area contributed by atoms with Gasteiger partial charge >= 0.3 is 0 Å². The van der Waals surface area contributed by atoms with Crippen LogP contribution in [-0.2, 0) is 10.0 Å². The molecule has 1 saturated heterocycles. The third kappa shape index (κ3) is 4.16. The van der Waals surface area contributed by atoms with Crippen LogP contribution >= 0.6 is 0 Å². The molecule has 7 nitrogen and oxygen atoms in total. The predicted molar refractivity (Wildman–Crippen MR) is 102 cm³/mol. The Balaban J connectivity index is 1.92. The minimum absolute atomic E-state index is 0.00586. The van der Waals surface area contributed by atoms with Crippen molar-refractivity contribution in [3.63, 3.8) is 0 Å². The molecule has 0 spiro atoms. The molecule has 1 aliphatic rings. The summed E-state index contributed by atoms with van der Waals surface area (Å²) >= 11 is 0. The molecule has 2 aromatic carbocycles. The molecular formula is C19H22N2O5S. The Kier molecular flexibility index (Phi) is 5.55. The number of rotatable bonds is 6. The molecule has 1 amide bonds. The summed E-state index contributed by atoms with van der Waals surface area (Å²) in [5, 5.41) is 0. The van der Waals surface area contributed by atoms with E-state index in [1.165, 1.54) is 32.4 Å². The Hall–Kier alpha value is -2.74. The van der Waals surface area contributed by atoms with Crippen molar-refractivity contribution in [3.05, 3.63) is 48.0 Å². The van der Waals surface area contributed by atoms with Crippen molar-refractivity contribution >= 4 is 21.6 Å². The van der Waals surface area contributed by atoms with Crippen molar-refractivity contribution < 1.29 is 22.7 Å². The fraction of sp³-hybridized carbons (Fsp3) is 0.316. The van der Waals surface area contributed by atoms with E-state index in [2.05, 4.69) is 4.72 Å². The van der Waals surface area contributed by atoms with Gasteiger partial charge in [-0.2, -0.15) is 0 Å². The van der Waals surface area contributed by atoms with Crippen LogP contribution in [0.15, 0.2) is 47.4 Å². The smallest absolute Gasteiger partial charge is 0.261 e. The maximum absolute atomic E-state index is 12.8. The highest BCUT2D eigenvalue weighted by molar-refractivity contribution is 7.92. The van der Waals surface area contributed by atoms with Gasteiger partial charge in [-0.3, -0.25) is 9.52 Å². The molecular weight excluding hydrogens is 368 g/mol. The zero-order chi connectivity index (χ0) is 19.4. The van der Waals surface area contributed by atoms with Gasteiger partial charge in [0.15, 0.2) is 0 Å². The number of ether oxygens (including phenoxy) is 2. The molecule has 0 atom stereocenters. The highest BCUT2D eigenvalue weighted by atomic mass is 32.2. The van der Waals surface area contributed by atoms with Gasteiger partial charge in [0.25, 0.3) is 15.9 Å². The molecule has 1 N–H and O–H groups in total. The summed E-state index contributed by atoms with van der Waals surface area (Å²) < 4.78 is 38.4. The van der Waals surface area contributed by atoms with Gasteiger partial charge in [0.1, 0.15) is 11.5 Å². The average molecular weight is 390 g/mol. The first kappa shape index (κ1) is 19.0. The fourth-order valence-corrected chi connectivity index (χ4v) is 4.09. The van der Waals surface area contributed by atoms with E-state index < -0.39 is 10.0 Å². The van der Waals surface area contributed by atoms with E-state index in [9.17, 15) is 13.2 Å². The minimum Gasteiger partial charge on any atom is -0.497 e. The molecule has 1 aliphatic heterocycles. The van der Waals surface area contributed by atoms with E-state index >= 15 is 0 Å². The van der Waals surface area contributed by atoms with Crippen molar-refractivity contribution in [2.75, 3.05) is 32.0 Å². The number of nitrogens with zero attached hydrogens (tertiary/aromatic N) is 1. The summed E-state index contributed by atoms with van der Waals surface area (Å²) in [4.78, 5) is 14.5. The molecule has 144 valence electrons. The molecule has 0 radical (unpaired) electrons. The van der Waals surface area contributed by atoms with Crippen molar-refractivity contribution in [1.29, 1.82) is 0 Å². The molecule has 0 bridgehead atoms. The number of benzene rings is 2. The van der Waals surface area contributed by atoms with Crippen LogP contribution in [0.3, 0.4) is 0 Å². The van der Waals surface area contributed by atoms with Gasteiger partial charge in [0.2, 0.25) is 0 Å². The number of likely N-dealkylation sites (tertiary alicyclic amines) is 1. The van der Waals surface area contributed by atoms with Crippen LogP contribution in [0.1, 0.15) is 23.2 Å². The lowest BCUT2D eigenvalue weighted by atomic mass is 10.1. The third-order valence-corrected chi connectivity index (χ3v) is 5.81. The van der Waals surface area contributed by atoms with Crippen LogP contribution < -0.4 is 14.2 Å². The number of hydrogen-bond acceptors (Lipinski definition) is 5. The number of carbonyl (C=O) groups excluding carboxylic acids is 1. The second-order valence-corrected chi connectivity index (χ2v) is 7.88. The Morgan fingerprint density at radius 3 is 2.44 bits per heavy atom. The van der Waals surface area contributed by atoms with E-state index in [0.717, 1.165) is 12.8 Å². The molecule has 8 heteroatoms. The molecule has 1 fully saturated rings. The van der Waals surface area contributed by atoms with Crippen molar-refractivity contribution in [2.24, 2.45) is 0 Å². The topological polar surface area (TPSA) is 84.9 Å². The van der Waals surface area contributed by atoms with Crippen LogP contribution in [0, 0.1) is 0 Å². The Morgan fingerprint density at radius 1 is 1.04 bits per heavy atom. The molecule has 1 heterocycles. The lowest BCUT2D eigenvalue weighted by Crippen LogP contribution is -2.28. The molecule has 3 rings (SSSR count). The summed E-state index contributed by atoms with van der Waals surface area (Å²) in [6.45, 7) is 1.34. The van der Waals surface area contributed by atoms with Gasteiger partial charge in [0.05, 0.1) is 30.4 Å². The zero-order valence-corrected chi connectivity index (χ0v) is 16.1. The lowest BCUT2D eigenvalue weighted by molar-refractivity contribution is 0.0789. The Morgan fingerprint density at radius 2 is 1.78 bits per heavy atom. The van der Waals surface area contributed by atoms with Gasteiger partial charge in [-0.25, -0.2) is 8.42 Å². The highest BCUT2D eigenvalue weighted by Gasteiger charge is 2.25. The second-order valence-electron chi connectivity index (χ2n) is 6.20. The third-order valence-electron chi connectivity index (χ3n) is 4.43. The number of amides is 1. The fourth-order valence-electron chi connectivity index (χ4n) is 3.01. The van der Waals surface area contributed by atoms with E-state index in [4.69, 9.17) is 9.47 Å². The summed E-state index contributed by atoms with van der Waals surface area (Å²) in [7, 11) is -0.910. The number of carbonyl (C=O) groups is 1. The molecule has 0 saturated carbocycles. The Labute approximate surface area is 158 Å². The monoisotopic (exact) mass is 390 g/mol. The number of nitrogens with one attached hydrogen (secondary N) is 1. The average Bonchev–Trinajstić information content (AvgIpc) is 3.21. The minimum atomic E-state index is -3.87. The molecule has 0 aliphatic carbocycles. The highest BCUT2D eigenvalue weighted by Crippen LogP contribution is 2.27. The molecule has 0 aromatic heterocycles. The van der Waals surface area contributed by atoms with Crippen LogP contribution in [0.2, 0.25) is 0 Å². The van der Waals surface area contributed by atoms with Crippen molar-refractivity contribution in [2.45, 2.75) is 17.7 Å². The Bertz CT molecular complexity index is 937. The summed E-state index contributed by atoms with van der Waals surface area (Å²) in [6.07, 6.45) is 1.90. The van der Waals surface area contributed by atoms with Gasteiger partial charge in [-0.1, -0.05) is 6.07 Å². The lowest BCUT2D eigenvalue weighted by Gasteiger charge is -2.18. The largest absolute Gasteiger partial charge is 0.497 e. The zero-order valence-electron chi connectivity index (χ0n) is 15.3. The van der Waals surface area contributed by atoms with Crippen LogP contribution in [-0.4, -0.2) is 46.5 Å². The van der Waals surface area contributed by atoms with Gasteiger partial charge < -0.3 is 14.4 Å². The van der Waals surface area contributed by atoms with E-state index in [-0.39, 0.29) is 16.4 Å². The number of hydrogen-bond donors (Lipinski definition) is 1. The van der Waals surface area contributed by atoms with Crippen molar-refractivity contribution in [1.82, 2.24) is 4.90 Å². The normalized spacial score (nSPS) is 14.1. The number of methoxy groups -OCH3 is 2. The first-order valence-electron chi connectivity index (χ1n) is 8.59. The first-order valence-corrected chi connectivity index (χ1v) is 10.1. The molecule has 0 unspecified atom stereocenters. The second kappa shape index (κ2) is 7.87. The summed E-state index contributed by atoms with van der Waals surface area (Å²) in [5.74, 6) is 0.671. The first-order chi connectivity index (χ1) is 12.9. The quantitative estimate of drug-likeness (QED) is 0.820. The van der Waals surface area contributed by atoms with Gasteiger partial charge in [-0.15, -0.1) is 0 Å². The number of anilines is 1. The van der Waals surface area contributed by atoms with Crippen LogP contribution in [0.5, 0.6) is 11.5 Å². The maximum atomic E-state index is 12.8. The number of sulfonamides is 1. The van der Waals surface area contributed by atoms with Crippen LogP contribution in [0.4, 0.5) is 5.69 Å². The van der Waals surface area contributed by atoms with Gasteiger partial charge in [-0.05, 0) is 43.2 Å². The summed E-state index contributed by atoms with van der Waals surface area (Å²) in [6, 6.07) is 10.9. The molecule has 27 heavy (non-hydrogen) atoms. The van der Waals surface area contributed by atoms with E-state index in [1.54, 1.807) is 29.2 Å². The molecule has 2 aromatic rings. The maximum Gasteiger partial charge on any atom is 0.261 e. The van der Waals surface area contributed by atoms with Crippen molar-refractivity contribution in [3.8, 4) is 11.5 Å². The standard InChI is InChI=1S/C19H22N2O5S/c1-25-15-7-5-6-14(12-15)20-27(23,24)16-8-9-18(26-2)17(13-16)19(22)21-10-3-4-11-21/h5-9,12-13,20H,3-4,10-11H2,1-2H3. The van der Waals surface area contributed by atoms with Crippen LogP contribution in [0.25, 0.3) is 0 Å².